The molecule has 4 heteroatoms. The van der Waals surface area contributed by atoms with Crippen molar-refractivity contribution in [2.24, 2.45) is 0 Å². The second-order valence-electron chi connectivity index (χ2n) is 3.13. The van der Waals surface area contributed by atoms with Crippen LogP contribution in [0.4, 0.5) is 0 Å². The molecule has 2 heterocycles. The van der Waals surface area contributed by atoms with Gasteiger partial charge in [-0.2, -0.15) is 0 Å². The van der Waals surface area contributed by atoms with Crippen molar-refractivity contribution in [1.82, 2.24) is 0 Å². The molecule has 1 fully saturated rings. The molecule has 1 aliphatic heterocycles. The minimum Gasteiger partial charge on any atom is -0.389 e. The molecule has 0 saturated carbocycles. The molecule has 0 bridgehead atoms. The third kappa shape index (κ3) is 1.19. The van der Waals surface area contributed by atoms with Crippen molar-refractivity contribution >= 4 is 23.3 Å². The summed E-state index contributed by atoms with van der Waals surface area (Å²) in [6.45, 7) is 5.47. The Labute approximate surface area is 85.0 Å². The number of carbonyl (C=O) groups is 2. The quantitative estimate of drug-likeness (QED) is 0.401. The molecule has 0 radical (unpaired) electrons. The van der Waals surface area contributed by atoms with Crippen molar-refractivity contribution in [3.63, 3.8) is 0 Å². The van der Waals surface area contributed by atoms with Crippen LogP contribution in [-0.4, -0.2) is 11.9 Å². The summed E-state index contributed by atoms with van der Waals surface area (Å²) in [4.78, 5) is 23.3. The summed E-state index contributed by atoms with van der Waals surface area (Å²) in [7, 11) is 0. The van der Waals surface area contributed by atoms with Gasteiger partial charge in [0.2, 0.25) is 0 Å². The van der Waals surface area contributed by atoms with Crippen LogP contribution in [0.15, 0.2) is 23.6 Å². The van der Waals surface area contributed by atoms with E-state index in [-0.39, 0.29) is 5.57 Å². The van der Waals surface area contributed by atoms with Crippen LogP contribution in [0.5, 0.6) is 0 Å². The van der Waals surface area contributed by atoms with Crippen LogP contribution >= 0.6 is 11.3 Å². The van der Waals surface area contributed by atoms with Gasteiger partial charge in [0, 0.05) is 4.88 Å². The van der Waals surface area contributed by atoms with Crippen LogP contribution in [-0.2, 0) is 14.3 Å². The maximum atomic E-state index is 11.3. The topological polar surface area (TPSA) is 43.4 Å². The minimum atomic E-state index is -0.604. The van der Waals surface area contributed by atoms with Gasteiger partial charge in [0.15, 0.2) is 0 Å². The molecule has 1 unspecified atom stereocenters. The fourth-order valence-electron chi connectivity index (χ4n) is 1.42. The number of esters is 2. The molecule has 1 aromatic heterocycles. The number of thiophene rings is 1. The monoisotopic (exact) mass is 208 g/mol. The third-order valence-electron chi connectivity index (χ3n) is 2.20. The first-order valence-electron chi connectivity index (χ1n) is 4.10. The summed E-state index contributed by atoms with van der Waals surface area (Å²) >= 11 is 1.44. The Balaban J connectivity index is 2.45. The van der Waals surface area contributed by atoms with Gasteiger partial charge in [-0.1, -0.05) is 6.58 Å². The van der Waals surface area contributed by atoms with Gasteiger partial charge < -0.3 is 4.74 Å². The predicted octanol–water partition coefficient (Wildman–Crippen LogP) is 1.78. The highest BCUT2D eigenvalue weighted by Gasteiger charge is 2.40. The minimum absolute atomic E-state index is 0.237. The Bertz CT molecular complexity index is 430. The van der Waals surface area contributed by atoms with Crippen LogP contribution < -0.4 is 0 Å². The van der Waals surface area contributed by atoms with E-state index in [1.54, 1.807) is 0 Å². The molecule has 2 rings (SSSR count). The van der Waals surface area contributed by atoms with Crippen LogP contribution in [0.1, 0.15) is 16.4 Å². The maximum absolute atomic E-state index is 11.3. The van der Waals surface area contributed by atoms with Crippen molar-refractivity contribution < 1.29 is 14.3 Å². The van der Waals surface area contributed by atoms with E-state index in [4.69, 9.17) is 0 Å². The summed E-state index contributed by atoms with van der Waals surface area (Å²) in [5, 5.41) is 1.88. The SMILES string of the molecule is C=C1C(=O)OC(=O)C1c1sccc1C. The molecule has 72 valence electrons. The smallest absolute Gasteiger partial charge is 0.342 e. The van der Waals surface area contributed by atoms with Gasteiger partial charge in [0.25, 0.3) is 0 Å². The van der Waals surface area contributed by atoms with Gasteiger partial charge in [-0.05, 0) is 23.9 Å². The lowest BCUT2D eigenvalue weighted by Crippen LogP contribution is -2.05. The van der Waals surface area contributed by atoms with Gasteiger partial charge in [-0.3, -0.25) is 4.79 Å². The summed E-state index contributed by atoms with van der Waals surface area (Å²) in [5.41, 5.74) is 1.23. The van der Waals surface area contributed by atoms with Crippen molar-refractivity contribution in [3.8, 4) is 0 Å². The zero-order valence-electron chi connectivity index (χ0n) is 7.57. The third-order valence-corrected chi connectivity index (χ3v) is 3.29. The molecule has 0 aromatic carbocycles. The van der Waals surface area contributed by atoms with E-state index in [0.29, 0.717) is 0 Å². The molecule has 0 spiro atoms. The van der Waals surface area contributed by atoms with Crippen LogP contribution in [0.2, 0.25) is 0 Å². The van der Waals surface area contributed by atoms with E-state index in [1.807, 2.05) is 18.4 Å². The average Bonchev–Trinajstić information content (AvgIpc) is 2.60. The van der Waals surface area contributed by atoms with Gasteiger partial charge in [-0.15, -0.1) is 11.3 Å². The van der Waals surface area contributed by atoms with Crippen molar-refractivity contribution in [2.45, 2.75) is 12.8 Å². The first-order valence-corrected chi connectivity index (χ1v) is 4.98. The summed E-state index contributed by atoms with van der Waals surface area (Å²) in [6, 6.07) is 1.91. The Hall–Kier alpha value is -1.42. The molecule has 0 amide bonds. The lowest BCUT2D eigenvalue weighted by molar-refractivity contribution is -0.151. The fraction of sp³-hybridized carbons (Fsp3) is 0.200. The molecule has 1 aromatic rings. The number of aryl methyl sites for hydroxylation is 1. The highest BCUT2D eigenvalue weighted by molar-refractivity contribution is 7.10. The molecule has 14 heavy (non-hydrogen) atoms. The number of hydrogen-bond donors (Lipinski definition) is 0. The van der Waals surface area contributed by atoms with E-state index in [0.717, 1.165) is 10.4 Å². The van der Waals surface area contributed by atoms with Gasteiger partial charge in [0.1, 0.15) is 5.92 Å². The van der Waals surface area contributed by atoms with E-state index in [2.05, 4.69) is 11.3 Å². The normalized spacial score (nSPS) is 21.5. The van der Waals surface area contributed by atoms with E-state index < -0.39 is 17.9 Å². The summed E-state index contributed by atoms with van der Waals surface area (Å²) < 4.78 is 4.49. The zero-order chi connectivity index (χ0) is 10.3. The number of cyclic esters (lactones) is 2. The molecule has 1 atom stereocenters. The second kappa shape index (κ2) is 3.06. The highest BCUT2D eigenvalue weighted by Crippen LogP contribution is 2.36. The lowest BCUT2D eigenvalue weighted by atomic mass is 9.99. The number of hydrogen-bond acceptors (Lipinski definition) is 4. The van der Waals surface area contributed by atoms with Gasteiger partial charge in [0.05, 0.1) is 5.57 Å². The fourth-order valence-corrected chi connectivity index (χ4v) is 2.47. The van der Waals surface area contributed by atoms with Gasteiger partial charge in [-0.25, -0.2) is 4.79 Å². The molecule has 0 aliphatic carbocycles. The first-order chi connectivity index (χ1) is 6.61. The van der Waals surface area contributed by atoms with E-state index in [9.17, 15) is 9.59 Å². The molecular weight excluding hydrogens is 200 g/mol. The van der Waals surface area contributed by atoms with E-state index >= 15 is 0 Å². The molecular formula is C10H8O3S. The first kappa shape index (κ1) is 9.15. The standard InChI is InChI=1S/C10H8O3S/c1-5-3-4-14-8(5)7-6(2)9(11)13-10(7)12/h3-4,7H,2H2,1H3. The van der Waals surface area contributed by atoms with Crippen molar-refractivity contribution in [2.75, 3.05) is 0 Å². The Morgan fingerprint density at radius 2 is 2.21 bits per heavy atom. The van der Waals surface area contributed by atoms with Crippen LogP contribution in [0.3, 0.4) is 0 Å². The molecule has 1 saturated heterocycles. The zero-order valence-corrected chi connectivity index (χ0v) is 8.39. The second-order valence-corrected chi connectivity index (χ2v) is 4.08. The molecule has 1 aliphatic rings. The summed E-state index contributed by atoms with van der Waals surface area (Å²) in [5.74, 6) is -1.69. The number of rotatable bonds is 1. The predicted molar refractivity (Wildman–Crippen MR) is 52.0 cm³/mol. The van der Waals surface area contributed by atoms with Gasteiger partial charge >= 0.3 is 11.9 Å². The van der Waals surface area contributed by atoms with Crippen molar-refractivity contribution in [3.05, 3.63) is 34.0 Å². The highest BCUT2D eigenvalue weighted by atomic mass is 32.1. The lowest BCUT2D eigenvalue weighted by Gasteiger charge is -2.03. The molecule has 3 nitrogen and oxygen atoms in total. The van der Waals surface area contributed by atoms with Crippen molar-refractivity contribution in [1.29, 1.82) is 0 Å². The van der Waals surface area contributed by atoms with E-state index in [1.165, 1.54) is 11.3 Å². The Kier molecular flexibility index (Phi) is 2.00. The summed E-state index contributed by atoms with van der Waals surface area (Å²) in [6.07, 6.45) is 0. The largest absolute Gasteiger partial charge is 0.389 e. The number of carbonyl (C=O) groups excluding carboxylic acids is 2. The number of ether oxygens (including phenoxy) is 1. The average molecular weight is 208 g/mol. The Morgan fingerprint density at radius 1 is 1.50 bits per heavy atom. The van der Waals surface area contributed by atoms with Crippen LogP contribution in [0, 0.1) is 6.92 Å². The maximum Gasteiger partial charge on any atom is 0.342 e. The van der Waals surface area contributed by atoms with Crippen LogP contribution in [0.25, 0.3) is 0 Å². The molecule has 0 N–H and O–H groups in total. The Morgan fingerprint density at radius 3 is 2.64 bits per heavy atom.